The molecule has 19 heavy (non-hydrogen) atoms. The molecule has 2 nitrogen and oxygen atoms in total. The Kier molecular flexibility index (Phi) is 4.56. The largest absolute Gasteiger partial charge is 0.488 e. The molecule has 0 radical (unpaired) electrons. The van der Waals surface area contributed by atoms with Gasteiger partial charge in [0.25, 0.3) is 0 Å². The predicted molar refractivity (Wildman–Crippen MR) is 75.3 cm³/mol. The lowest BCUT2D eigenvalue weighted by Crippen LogP contribution is -2.01. The zero-order valence-electron chi connectivity index (χ0n) is 9.70. The highest BCUT2D eigenvalue weighted by Crippen LogP contribution is 2.25. The molecule has 0 bridgehead atoms. The molecule has 5 heteroatoms. The topological polar surface area (TPSA) is 26.3 Å². The van der Waals surface area contributed by atoms with Crippen LogP contribution in [0, 0.1) is 5.82 Å². The minimum atomic E-state index is -0.371. The fourth-order valence-electron chi connectivity index (χ4n) is 1.55. The minimum Gasteiger partial charge on any atom is -0.488 e. The third-order valence-corrected chi connectivity index (χ3v) is 3.35. The van der Waals surface area contributed by atoms with E-state index in [-0.39, 0.29) is 18.0 Å². The minimum absolute atomic E-state index is 0.0281. The van der Waals surface area contributed by atoms with Crippen LogP contribution in [0.3, 0.4) is 0 Å². The first-order valence-corrected chi connectivity index (χ1v) is 6.59. The first-order chi connectivity index (χ1) is 9.11. The average Bonchev–Trinajstić information content (AvgIpc) is 2.38. The predicted octanol–water partition coefficient (Wildman–Crippen LogP) is 4.63. The van der Waals surface area contributed by atoms with Crippen LogP contribution in [0.5, 0.6) is 5.75 Å². The molecule has 0 aliphatic carbocycles. The highest BCUT2D eigenvalue weighted by atomic mass is 79.9. The van der Waals surface area contributed by atoms with Crippen LogP contribution in [0.15, 0.2) is 40.9 Å². The van der Waals surface area contributed by atoms with E-state index < -0.39 is 0 Å². The molecule has 0 heterocycles. The van der Waals surface area contributed by atoms with Gasteiger partial charge in [-0.3, -0.25) is 4.79 Å². The van der Waals surface area contributed by atoms with Crippen LogP contribution in [0.2, 0.25) is 5.02 Å². The van der Waals surface area contributed by atoms with E-state index >= 15 is 0 Å². The Morgan fingerprint density at radius 3 is 2.79 bits per heavy atom. The lowest BCUT2D eigenvalue weighted by Gasteiger charge is -2.10. The number of carbonyl (C=O) groups is 1. The van der Waals surface area contributed by atoms with Crippen molar-refractivity contribution in [2.24, 2.45) is 0 Å². The van der Waals surface area contributed by atoms with Gasteiger partial charge in [0.15, 0.2) is 6.29 Å². The molecular weight excluding hydrogens is 335 g/mol. The standard InChI is InChI=1S/C14H9BrClFO2/c15-10-5-4-9(13(17)6-10)8-19-14-3-1-2-12(16)11(14)7-18/h1-7H,8H2. The highest BCUT2D eigenvalue weighted by molar-refractivity contribution is 9.10. The SMILES string of the molecule is O=Cc1c(Cl)cccc1OCc1ccc(Br)cc1F. The lowest BCUT2D eigenvalue weighted by atomic mass is 10.2. The molecule has 0 aliphatic rings. The molecule has 2 aromatic carbocycles. The van der Waals surface area contributed by atoms with Gasteiger partial charge in [-0.15, -0.1) is 0 Å². The van der Waals surface area contributed by atoms with E-state index in [1.807, 2.05) is 0 Å². The Bertz CT molecular complexity index is 616. The Hall–Kier alpha value is -1.39. The van der Waals surface area contributed by atoms with E-state index in [1.54, 1.807) is 30.3 Å². The normalized spacial score (nSPS) is 10.3. The molecule has 0 saturated carbocycles. The molecule has 0 aliphatic heterocycles. The summed E-state index contributed by atoms with van der Waals surface area (Å²) in [5.41, 5.74) is 0.668. The fraction of sp³-hybridized carbons (Fsp3) is 0.0714. The average molecular weight is 344 g/mol. The Morgan fingerprint density at radius 1 is 1.32 bits per heavy atom. The summed E-state index contributed by atoms with van der Waals surface area (Å²) in [5, 5.41) is 0.309. The van der Waals surface area contributed by atoms with Crippen molar-refractivity contribution in [2.75, 3.05) is 0 Å². The molecule has 2 aromatic rings. The number of hydrogen-bond donors (Lipinski definition) is 0. The maximum absolute atomic E-state index is 13.6. The third-order valence-electron chi connectivity index (χ3n) is 2.53. The van der Waals surface area contributed by atoms with Gasteiger partial charge in [-0.25, -0.2) is 4.39 Å². The van der Waals surface area contributed by atoms with E-state index in [2.05, 4.69) is 15.9 Å². The molecule has 0 aromatic heterocycles. The van der Waals surface area contributed by atoms with Crippen molar-refractivity contribution < 1.29 is 13.9 Å². The van der Waals surface area contributed by atoms with Gasteiger partial charge in [-0.05, 0) is 24.3 Å². The first-order valence-electron chi connectivity index (χ1n) is 5.42. The second-order valence-electron chi connectivity index (χ2n) is 3.79. The molecular formula is C14H9BrClFO2. The van der Waals surface area contributed by atoms with Crippen LogP contribution in [-0.4, -0.2) is 6.29 Å². The molecule has 0 atom stereocenters. The number of carbonyl (C=O) groups excluding carboxylic acids is 1. The van der Waals surface area contributed by atoms with Crippen molar-refractivity contribution in [1.82, 2.24) is 0 Å². The fourth-order valence-corrected chi connectivity index (χ4v) is 2.10. The maximum Gasteiger partial charge on any atom is 0.155 e. The second kappa shape index (κ2) is 6.17. The summed E-state index contributed by atoms with van der Waals surface area (Å²) in [6.45, 7) is 0.0281. The smallest absolute Gasteiger partial charge is 0.155 e. The zero-order valence-corrected chi connectivity index (χ0v) is 12.0. The van der Waals surface area contributed by atoms with Crippen LogP contribution < -0.4 is 4.74 Å². The Balaban J connectivity index is 2.19. The summed E-state index contributed by atoms with van der Waals surface area (Å²) >= 11 is 9.05. The van der Waals surface area contributed by atoms with Gasteiger partial charge in [0.1, 0.15) is 18.2 Å². The van der Waals surface area contributed by atoms with Crippen LogP contribution >= 0.6 is 27.5 Å². The van der Waals surface area contributed by atoms with Crippen LogP contribution in [0.25, 0.3) is 0 Å². The first kappa shape index (κ1) is 14.0. The molecule has 0 amide bonds. The monoisotopic (exact) mass is 342 g/mol. The van der Waals surface area contributed by atoms with Crippen molar-refractivity contribution in [3.8, 4) is 5.75 Å². The number of ether oxygens (including phenoxy) is 1. The highest BCUT2D eigenvalue weighted by Gasteiger charge is 2.09. The van der Waals surface area contributed by atoms with E-state index in [0.29, 0.717) is 27.1 Å². The lowest BCUT2D eigenvalue weighted by molar-refractivity contribution is 0.111. The quantitative estimate of drug-likeness (QED) is 0.756. The van der Waals surface area contributed by atoms with E-state index in [0.717, 1.165) is 0 Å². The van der Waals surface area contributed by atoms with Crippen molar-refractivity contribution >= 4 is 33.8 Å². The van der Waals surface area contributed by atoms with Crippen LogP contribution in [0.1, 0.15) is 15.9 Å². The molecule has 0 N–H and O–H groups in total. The van der Waals surface area contributed by atoms with Crippen molar-refractivity contribution in [3.05, 3.63) is 62.8 Å². The zero-order chi connectivity index (χ0) is 13.8. The number of halogens is 3. The summed E-state index contributed by atoms with van der Waals surface area (Å²) in [4.78, 5) is 10.9. The van der Waals surface area contributed by atoms with Crippen molar-refractivity contribution in [3.63, 3.8) is 0 Å². The summed E-state index contributed by atoms with van der Waals surface area (Å²) in [6.07, 6.45) is 0.621. The second-order valence-corrected chi connectivity index (χ2v) is 5.12. The third kappa shape index (κ3) is 3.33. The molecule has 0 spiro atoms. The van der Waals surface area contributed by atoms with Gasteiger partial charge in [0.05, 0.1) is 10.6 Å². The van der Waals surface area contributed by atoms with E-state index in [4.69, 9.17) is 16.3 Å². The van der Waals surface area contributed by atoms with Gasteiger partial charge >= 0.3 is 0 Å². The molecule has 0 fully saturated rings. The molecule has 0 saturated heterocycles. The molecule has 0 unspecified atom stereocenters. The van der Waals surface area contributed by atoms with Gasteiger partial charge in [-0.2, -0.15) is 0 Å². The van der Waals surface area contributed by atoms with Gasteiger partial charge in [-0.1, -0.05) is 39.7 Å². The maximum atomic E-state index is 13.6. The molecule has 2 rings (SSSR count). The van der Waals surface area contributed by atoms with Crippen molar-refractivity contribution in [1.29, 1.82) is 0 Å². The number of aldehydes is 1. The summed E-state index contributed by atoms with van der Waals surface area (Å²) in [7, 11) is 0. The van der Waals surface area contributed by atoms with Crippen LogP contribution in [0.4, 0.5) is 4.39 Å². The van der Waals surface area contributed by atoms with E-state index in [9.17, 15) is 9.18 Å². The van der Waals surface area contributed by atoms with Crippen molar-refractivity contribution in [2.45, 2.75) is 6.61 Å². The number of rotatable bonds is 4. The Labute approximate surface area is 123 Å². The summed E-state index contributed by atoms with van der Waals surface area (Å²) in [6, 6.07) is 9.58. The summed E-state index contributed by atoms with van der Waals surface area (Å²) < 4.78 is 19.7. The molecule has 98 valence electrons. The van der Waals surface area contributed by atoms with Crippen LogP contribution in [-0.2, 0) is 6.61 Å². The van der Waals surface area contributed by atoms with Gasteiger partial charge in [0.2, 0.25) is 0 Å². The Morgan fingerprint density at radius 2 is 2.11 bits per heavy atom. The van der Waals surface area contributed by atoms with Gasteiger partial charge < -0.3 is 4.74 Å². The summed E-state index contributed by atoms with van der Waals surface area (Å²) in [5.74, 6) is -0.0334. The van der Waals surface area contributed by atoms with Gasteiger partial charge in [0, 0.05) is 10.0 Å². The van der Waals surface area contributed by atoms with E-state index in [1.165, 1.54) is 6.07 Å². The number of hydrogen-bond acceptors (Lipinski definition) is 2. The number of benzene rings is 2.